The Kier molecular flexibility index (Phi) is 2.82. The third-order valence-electron chi connectivity index (χ3n) is 2.43. The predicted octanol–water partition coefficient (Wildman–Crippen LogP) is 3.68. The van der Waals surface area contributed by atoms with Crippen LogP contribution < -0.4 is 10.5 Å². The number of nitrogen functional groups attached to an aromatic ring is 1. The van der Waals surface area contributed by atoms with Gasteiger partial charge >= 0.3 is 0 Å². The summed E-state index contributed by atoms with van der Waals surface area (Å²) in [5, 5.41) is 0. The molecule has 16 heavy (non-hydrogen) atoms. The Morgan fingerprint density at radius 3 is 2.56 bits per heavy atom. The fourth-order valence-electron chi connectivity index (χ4n) is 1.52. The topological polar surface area (TPSA) is 35.2 Å². The van der Waals surface area contributed by atoms with Gasteiger partial charge in [-0.25, -0.2) is 0 Å². The summed E-state index contributed by atoms with van der Waals surface area (Å²) in [5.74, 6) is 1.65. The number of benzene rings is 2. The molecule has 0 aliphatic heterocycles. The number of anilines is 1. The molecule has 0 aromatic heterocycles. The van der Waals surface area contributed by atoms with Crippen LogP contribution in [0.25, 0.3) is 0 Å². The quantitative estimate of drug-likeness (QED) is 0.772. The summed E-state index contributed by atoms with van der Waals surface area (Å²) in [4.78, 5) is 0. The van der Waals surface area contributed by atoms with Crippen LogP contribution in [0.15, 0.2) is 42.5 Å². The summed E-state index contributed by atoms with van der Waals surface area (Å²) in [7, 11) is 0. The largest absolute Gasteiger partial charge is 0.457 e. The molecule has 0 saturated carbocycles. The fraction of sp³-hybridized carbons (Fsp3) is 0.143. The van der Waals surface area contributed by atoms with E-state index in [2.05, 4.69) is 12.1 Å². The Hall–Kier alpha value is -1.96. The SMILES string of the molecule is Cc1ccc(C)c(Oc2cccc(N)c2)c1. The third-order valence-corrected chi connectivity index (χ3v) is 2.43. The van der Waals surface area contributed by atoms with Crippen molar-refractivity contribution in [2.24, 2.45) is 0 Å². The first-order chi connectivity index (χ1) is 7.65. The van der Waals surface area contributed by atoms with Crippen molar-refractivity contribution in [1.29, 1.82) is 0 Å². The van der Waals surface area contributed by atoms with E-state index in [4.69, 9.17) is 10.5 Å². The number of hydrogen-bond acceptors (Lipinski definition) is 2. The molecule has 0 aliphatic rings. The van der Waals surface area contributed by atoms with Gasteiger partial charge in [0.15, 0.2) is 0 Å². The van der Waals surface area contributed by atoms with Gasteiger partial charge in [0.1, 0.15) is 11.5 Å². The number of hydrogen-bond donors (Lipinski definition) is 1. The minimum absolute atomic E-state index is 0.711. The van der Waals surface area contributed by atoms with Crippen LogP contribution in [0.5, 0.6) is 11.5 Å². The van der Waals surface area contributed by atoms with Gasteiger partial charge in [0, 0.05) is 11.8 Å². The van der Waals surface area contributed by atoms with E-state index in [1.807, 2.05) is 44.2 Å². The van der Waals surface area contributed by atoms with Crippen LogP contribution in [0, 0.1) is 13.8 Å². The normalized spacial score (nSPS) is 10.1. The molecule has 0 spiro atoms. The Morgan fingerprint density at radius 2 is 1.81 bits per heavy atom. The molecule has 0 unspecified atom stereocenters. The number of rotatable bonds is 2. The van der Waals surface area contributed by atoms with E-state index >= 15 is 0 Å². The molecule has 0 saturated heterocycles. The molecule has 2 aromatic carbocycles. The van der Waals surface area contributed by atoms with E-state index < -0.39 is 0 Å². The van der Waals surface area contributed by atoms with E-state index in [-0.39, 0.29) is 0 Å². The van der Waals surface area contributed by atoms with Gasteiger partial charge in [0.05, 0.1) is 0 Å². The summed E-state index contributed by atoms with van der Waals surface area (Å²) in [6.07, 6.45) is 0. The molecular formula is C14H15NO. The van der Waals surface area contributed by atoms with Crippen molar-refractivity contribution in [3.8, 4) is 11.5 Å². The first-order valence-electron chi connectivity index (χ1n) is 5.26. The lowest BCUT2D eigenvalue weighted by Crippen LogP contribution is -1.90. The van der Waals surface area contributed by atoms with Crippen LogP contribution >= 0.6 is 0 Å². The van der Waals surface area contributed by atoms with Gasteiger partial charge in [-0.05, 0) is 43.2 Å². The van der Waals surface area contributed by atoms with Crippen LogP contribution in [-0.2, 0) is 0 Å². The Bertz CT molecular complexity index is 506. The molecule has 0 radical (unpaired) electrons. The molecule has 0 bridgehead atoms. The molecule has 2 nitrogen and oxygen atoms in total. The van der Waals surface area contributed by atoms with Crippen molar-refractivity contribution in [3.63, 3.8) is 0 Å². The van der Waals surface area contributed by atoms with Gasteiger partial charge in [-0.1, -0.05) is 18.2 Å². The molecule has 2 heteroatoms. The lowest BCUT2D eigenvalue weighted by Gasteiger charge is -2.09. The molecule has 2 aromatic rings. The second kappa shape index (κ2) is 4.27. The van der Waals surface area contributed by atoms with Crippen LogP contribution in [0.2, 0.25) is 0 Å². The maximum atomic E-state index is 5.79. The molecule has 0 heterocycles. The second-order valence-electron chi connectivity index (χ2n) is 3.94. The van der Waals surface area contributed by atoms with E-state index in [9.17, 15) is 0 Å². The second-order valence-corrected chi connectivity index (χ2v) is 3.94. The maximum Gasteiger partial charge on any atom is 0.130 e. The average molecular weight is 213 g/mol. The molecule has 0 amide bonds. The van der Waals surface area contributed by atoms with E-state index in [1.165, 1.54) is 5.56 Å². The first-order valence-corrected chi connectivity index (χ1v) is 5.26. The highest BCUT2D eigenvalue weighted by molar-refractivity contribution is 5.46. The minimum Gasteiger partial charge on any atom is -0.457 e. The van der Waals surface area contributed by atoms with Crippen molar-refractivity contribution in [2.45, 2.75) is 13.8 Å². The summed E-state index contributed by atoms with van der Waals surface area (Å²) in [6.45, 7) is 4.08. The van der Waals surface area contributed by atoms with Crippen molar-refractivity contribution in [3.05, 3.63) is 53.6 Å². The fourth-order valence-corrected chi connectivity index (χ4v) is 1.52. The lowest BCUT2D eigenvalue weighted by molar-refractivity contribution is 0.479. The zero-order valence-electron chi connectivity index (χ0n) is 9.53. The third kappa shape index (κ3) is 2.34. The van der Waals surface area contributed by atoms with Crippen molar-refractivity contribution >= 4 is 5.69 Å². The van der Waals surface area contributed by atoms with Crippen LogP contribution in [0.4, 0.5) is 5.69 Å². The van der Waals surface area contributed by atoms with Crippen molar-refractivity contribution < 1.29 is 4.74 Å². The van der Waals surface area contributed by atoms with Gasteiger partial charge in [0.25, 0.3) is 0 Å². The molecule has 0 atom stereocenters. The van der Waals surface area contributed by atoms with Gasteiger partial charge < -0.3 is 10.5 Å². The highest BCUT2D eigenvalue weighted by Gasteiger charge is 2.01. The predicted molar refractivity (Wildman–Crippen MR) is 66.8 cm³/mol. The van der Waals surface area contributed by atoms with Gasteiger partial charge in [-0.3, -0.25) is 0 Å². The van der Waals surface area contributed by atoms with Crippen molar-refractivity contribution in [1.82, 2.24) is 0 Å². The Labute approximate surface area is 95.7 Å². The smallest absolute Gasteiger partial charge is 0.130 e. The Balaban J connectivity index is 2.30. The average Bonchev–Trinajstić information content (AvgIpc) is 2.24. The first kappa shape index (κ1) is 10.6. The zero-order chi connectivity index (χ0) is 11.5. The van der Waals surface area contributed by atoms with Crippen LogP contribution in [0.1, 0.15) is 11.1 Å². The monoisotopic (exact) mass is 213 g/mol. The molecule has 82 valence electrons. The molecule has 2 N–H and O–H groups in total. The molecule has 2 rings (SSSR count). The van der Waals surface area contributed by atoms with E-state index in [1.54, 1.807) is 0 Å². The minimum atomic E-state index is 0.711. The number of aryl methyl sites for hydroxylation is 2. The van der Waals surface area contributed by atoms with E-state index in [0.29, 0.717) is 5.69 Å². The highest BCUT2D eigenvalue weighted by atomic mass is 16.5. The molecular weight excluding hydrogens is 198 g/mol. The van der Waals surface area contributed by atoms with Gasteiger partial charge in [-0.2, -0.15) is 0 Å². The number of nitrogens with two attached hydrogens (primary N) is 1. The van der Waals surface area contributed by atoms with Gasteiger partial charge in [-0.15, -0.1) is 0 Å². The van der Waals surface area contributed by atoms with Crippen LogP contribution in [0.3, 0.4) is 0 Å². The zero-order valence-corrected chi connectivity index (χ0v) is 9.53. The summed E-state index contributed by atoms with van der Waals surface area (Å²) >= 11 is 0. The maximum absolute atomic E-state index is 5.79. The van der Waals surface area contributed by atoms with Gasteiger partial charge in [0.2, 0.25) is 0 Å². The van der Waals surface area contributed by atoms with E-state index in [0.717, 1.165) is 17.1 Å². The Morgan fingerprint density at radius 1 is 1.00 bits per heavy atom. The summed E-state index contributed by atoms with van der Waals surface area (Å²) in [5.41, 5.74) is 8.71. The summed E-state index contributed by atoms with van der Waals surface area (Å²) in [6, 6.07) is 13.6. The molecule has 0 fully saturated rings. The standard InChI is InChI=1S/C14H15NO/c1-10-6-7-11(2)14(8-10)16-13-5-3-4-12(15)9-13/h3-9H,15H2,1-2H3. The number of ether oxygens (including phenoxy) is 1. The highest BCUT2D eigenvalue weighted by Crippen LogP contribution is 2.26. The van der Waals surface area contributed by atoms with Crippen molar-refractivity contribution in [2.75, 3.05) is 5.73 Å². The summed E-state index contributed by atoms with van der Waals surface area (Å²) < 4.78 is 5.79. The van der Waals surface area contributed by atoms with Crippen LogP contribution in [-0.4, -0.2) is 0 Å². The lowest BCUT2D eigenvalue weighted by atomic mass is 10.1. The molecule has 0 aliphatic carbocycles.